The van der Waals surface area contributed by atoms with Gasteiger partial charge in [0.1, 0.15) is 11.4 Å². The molecule has 5 heteroatoms. The van der Waals surface area contributed by atoms with E-state index in [1.165, 1.54) is 17.8 Å². The first-order valence-electron chi connectivity index (χ1n) is 7.33. The van der Waals surface area contributed by atoms with Gasteiger partial charge < -0.3 is 14.8 Å². The van der Waals surface area contributed by atoms with Crippen molar-refractivity contribution in [2.75, 3.05) is 14.2 Å². The van der Waals surface area contributed by atoms with Crippen molar-refractivity contribution in [3.05, 3.63) is 42.0 Å². The van der Waals surface area contributed by atoms with Gasteiger partial charge in [-0.1, -0.05) is 30.3 Å². The molecular formula is C18H24ClNO3. The second-order valence-corrected chi connectivity index (χ2v) is 6.12. The van der Waals surface area contributed by atoms with E-state index in [1.54, 1.807) is 7.11 Å². The number of carbonyl (C=O) groups excluding carboxylic acids is 1. The van der Waals surface area contributed by atoms with Gasteiger partial charge >= 0.3 is 6.09 Å². The number of hydrogen-bond acceptors (Lipinski definition) is 3. The van der Waals surface area contributed by atoms with Crippen LogP contribution >= 0.6 is 11.6 Å². The summed E-state index contributed by atoms with van der Waals surface area (Å²) in [6.45, 7) is 5.46. The molecule has 0 atom stereocenters. The van der Waals surface area contributed by atoms with E-state index < -0.39 is 0 Å². The van der Waals surface area contributed by atoms with Gasteiger partial charge in [-0.3, -0.25) is 0 Å². The summed E-state index contributed by atoms with van der Waals surface area (Å²) in [6.07, 6.45) is -0.387. The number of alkyl carbamates (subject to hydrolysis) is 1. The molecule has 0 fully saturated rings. The van der Waals surface area contributed by atoms with Crippen molar-refractivity contribution in [3.8, 4) is 5.75 Å². The summed E-state index contributed by atoms with van der Waals surface area (Å²) in [4.78, 5) is 10.5. The minimum Gasteiger partial charge on any atom is -0.496 e. The summed E-state index contributed by atoms with van der Waals surface area (Å²) < 4.78 is 10.1. The third-order valence-corrected chi connectivity index (χ3v) is 3.22. The van der Waals surface area contributed by atoms with Crippen molar-refractivity contribution in [2.24, 2.45) is 0 Å². The van der Waals surface area contributed by atoms with E-state index in [9.17, 15) is 4.79 Å². The molecule has 0 saturated heterocycles. The summed E-state index contributed by atoms with van der Waals surface area (Å²) in [6, 6.07) is 12.2. The molecule has 0 unspecified atom stereocenters. The molecular weight excluding hydrogens is 314 g/mol. The van der Waals surface area contributed by atoms with Gasteiger partial charge in [-0.25, -0.2) is 4.79 Å². The zero-order chi connectivity index (χ0) is 17.5. The number of halogens is 1. The lowest BCUT2D eigenvalue weighted by atomic mass is 10.0. The number of methoxy groups -OCH3 is 1. The van der Waals surface area contributed by atoms with Gasteiger partial charge in [-0.15, -0.1) is 11.6 Å². The summed E-state index contributed by atoms with van der Waals surface area (Å²) in [5.41, 5.74) is 0.673. The van der Waals surface area contributed by atoms with Crippen LogP contribution in [0.15, 0.2) is 36.4 Å². The molecule has 126 valence electrons. The third kappa shape index (κ3) is 5.99. The fourth-order valence-corrected chi connectivity index (χ4v) is 2.25. The average molecular weight is 338 g/mol. The average Bonchev–Trinajstić information content (AvgIpc) is 2.52. The molecule has 0 aliphatic carbocycles. The van der Waals surface area contributed by atoms with Crippen LogP contribution in [0.2, 0.25) is 0 Å². The Morgan fingerprint density at radius 3 is 2.30 bits per heavy atom. The Bertz CT molecular complexity index is 650. The lowest BCUT2D eigenvalue weighted by molar-refractivity contribution is 0.0541. The highest BCUT2D eigenvalue weighted by Gasteiger charge is 2.14. The number of nitrogens with one attached hydrogen (secondary N) is 1. The summed E-state index contributed by atoms with van der Waals surface area (Å²) in [7, 11) is 3.20. The van der Waals surface area contributed by atoms with Crippen molar-refractivity contribution in [1.82, 2.24) is 5.32 Å². The van der Waals surface area contributed by atoms with Gasteiger partial charge in [0.25, 0.3) is 0 Å². The van der Waals surface area contributed by atoms with Gasteiger partial charge in [-0.2, -0.15) is 0 Å². The summed E-state index contributed by atoms with van der Waals surface area (Å²) >= 11 is 5.91. The zero-order valence-corrected chi connectivity index (χ0v) is 15.0. The van der Waals surface area contributed by atoms with Crippen molar-refractivity contribution in [3.63, 3.8) is 0 Å². The molecule has 2 rings (SSSR count). The molecule has 2 aromatic rings. The quantitative estimate of drug-likeness (QED) is 0.806. The Labute approximate surface area is 142 Å². The third-order valence-electron chi connectivity index (χ3n) is 2.95. The molecule has 2 aromatic carbocycles. The van der Waals surface area contributed by atoms with E-state index in [0.29, 0.717) is 5.88 Å². The highest BCUT2D eigenvalue weighted by molar-refractivity contribution is 6.18. The number of fused-ring (bicyclic) bond motifs is 1. The van der Waals surface area contributed by atoms with E-state index in [2.05, 4.69) is 17.4 Å². The number of ether oxygens (including phenoxy) is 2. The van der Waals surface area contributed by atoms with Crippen LogP contribution in [0.4, 0.5) is 4.79 Å². The smallest absolute Gasteiger partial charge is 0.407 e. The lowest BCUT2D eigenvalue weighted by Crippen LogP contribution is -2.30. The number of benzene rings is 2. The Kier molecular flexibility index (Phi) is 7.17. The molecule has 0 aromatic heterocycles. The van der Waals surface area contributed by atoms with Gasteiger partial charge in [0.05, 0.1) is 13.0 Å². The van der Waals surface area contributed by atoms with Crippen LogP contribution in [0.5, 0.6) is 5.75 Å². The standard InChI is InChI=1S/C12H11ClO.C6H13NO2/c1-14-12-7-6-9-4-2-3-5-10(9)11(12)8-13;1-6(2,3)9-5(8)7-4/h2-7H,8H2,1H3;1-4H3,(H,7,8). The van der Waals surface area contributed by atoms with Gasteiger partial charge in [0.15, 0.2) is 0 Å². The fraction of sp³-hybridized carbons (Fsp3) is 0.389. The minimum atomic E-state index is -0.389. The second kappa shape index (κ2) is 8.63. The van der Waals surface area contributed by atoms with Crippen molar-refractivity contribution >= 4 is 28.5 Å². The molecule has 0 aliphatic rings. The van der Waals surface area contributed by atoms with Gasteiger partial charge in [0, 0.05) is 12.6 Å². The van der Waals surface area contributed by atoms with Crippen molar-refractivity contribution in [2.45, 2.75) is 32.3 Å². The van der Waals surface area contributed by atoms with Gasteiger partial charge in [-0.05, 0) is 37.6 Å². The van der Waals surface area contributed by atoms with E-state index in [4.69, 9.17) is 21.1 Å². The van der Waals surface area contributed by atoms with Crippen LogP contribution in [0, 0.1) is 0 Å². The Morgan fingerprint density at radius 1 is 1.17 bits per heavy atom. The molecule has 1 N–H and O–H groups in total. The van der Waals surface area contributed by atoms with Gasteiger partial charge in [0.2, 0.25) is 0 Å². The largest absolute Gasteiger partial charge is 0.496 e. The number of carbonyl (C=O) groups is 1. The van der Waals surface area contributed by atoms with Crippen LogP contribution in [0.25, 0.3) is 10.8 Å². The topological polar surface area (TPSA) is 47.6 Å². The van der Waals surface area contributed by atoms with E-state index in [0.717, 1.165) is 11.3 Å². The molecule has 0 saturated carbocycles. The van der Waals surface area contributed by atoms with E-state index in [-0.39, 0.29) is 11.7 Å². The van der Waals surface area contributed by atoms with Crippen molar-refractivity contribution < 1.29 is 14.3 Å². The van der Waals surface area contributed by atoms with Crippen LogP contribution in [-0.4, -0.2) is 25.9 Å². The first kappa shape index (κ1) is 19.1. The Morgan fingerprint density at radius 2 is 1.83 bits per heavy atom. The van der Waals surface area contributed by atoms with Crippen LogP contribution in [0.1, 0.15) is 26.3 Å². The first-order chi connectivity index (χ1) is 10.8. The van der Waals surface area contributed by atoms with Crippen LogP contribution in [-0.2, 0) is 10.6 Å². The fourth-order valence-electron chi connectivity index (χ4n) is 1.97. The highest BCUT2D eigenvalue weighted by atomic mass is 35.5. The Balaban J connectivity index is 0.000000257. The van der Waals surface area contributed by atoms with Crippen molar-refractivity contribution in [1.29, 1.82) is 0 Å². The SMILES string of the molecule is CNC(=O)OC(C)(C)C.COc1ccc2ccccc2c1CCl. The highest BCUT2D eigenvalue weighted by Crippen LogP contribution is 2.28. The summed E-state index contributed by atoms with van der Waals surface area (Å²) in [5.74, 6) is 1.34. The molecule has 0 spiro atoms. The molecule has 4 nitrogen and oxygen atoms in total. The number of alkyl halides is 1. The minimum absolute atomic E-state index is 0.387. The predicted molar refractivity (Wildman–Crippen MR) is 95.4 cm³/mol. The monoisotopic (exact) mass is 337 g/mol. The number of amides is 1. The molecule has 0 bridgehead atoms. The normalized spacial score (nSPS) is 10.5. The molecule has 0 aliphatic heterocycles. The second-order valence-electron chi connectivity index (χ2n) is 5.85. The maximum atomic E-state index is 10.5. The molecule has 1 amide bonds. The maximum absolute atomic E-state index is 10.5. The first-order valence-corrected chi connectivity index (χ1v) is 7.87. The van der Waals surface area contributed by atoms with Crippen LogP contribution < -0.4 is 10.1 Å². The number of hydrogen-bond donors (Lipinski definition) is 1. The van der Waals surface area contributed by atoms with Crippen LogP contribution in [0.3, 0.4) is 0 Å². The summed E-state index contributed by atoms with van der Waals surface area (Å²) in [5, 5.41) is 4.73. The lowest BCUT2D eigenvalue weighted by Gasteiger charge is -2.18. The number of rotatable bonds is 2. The van der Waals surface area contributed by atoms with E-state index in [1.807, 2.05) is 45.0 Å². The molecule has 0 heterocycles. The van der Waals surface area contributed by atoms with E-state index >= 15 is 0 Å². The predicted octanol–water partition coefficient (Wildman–Crippen LogP) is 4.73. The Hall–Kier alpha value is -1.94. The zero-order valence-electron chi connectivity index (χ0n) is 14.3. The molecule has 23 heavy (non-hydrogen) atoms. The molecule has 0 radical (unpaired) electrons. The maximum Gasteiger partial charge on any atom is 0.407 e.